The summed E-state index contributed by atoms with van der Waals surface area (Å²) in [6, 6.07) is 10.1. The van der Waals surface area contributed by atoms with Crippen molar-refractivity contribution in [2.24, 2.45) is 0 Å². The van der Waals surface area contributed by atoms with Crippen molar-refractivity contribution in [1.29, 1.82) is 0 Å². The molecule has 0 bridgehead atoms. The van der Waals surface area contributed by atoms with E-state index in [0.717, 1.165) is 0 Å². The van der Waals surface area contributed by atoms with Crippen molar-refractivity contribution in [3.05, 3.63) is 59.9 Å². The maximum absolute atomic E-state index is 12.8. The Kier molecular flexibility index (Phi) is 6.11. The van der Waals surface area contributed by atoms with Crippen LogP contribution in [0.5, 0.6) is 5.75 Å². The third-order valence-corrected chi connectivity index (χ3v) is 4.91. The van der Waals surface area contributed by atoms with Crippen LogP contribution in [0.1, 0.15) is 12.5 Å². The Morgan fingerprint density at radius 2 is 1.72 bits per heavy atom. The summed E-state index contributed by atoms with van der Waals surface area (Å²) in [5, 5.41) is 0. The highest BCUT2D eigenvalue weighted by Crippen LogP contribution is 2.16. The summed E-state index contributed by atoms with van der Waals surface area (Å²) < 4.78 is 49.6. The zero-order valence-electron chi connectivity index (χ0n) is 13.7. The van der Waals surface area contributed by atoms with Gasteiger partial charge in [0.25, 0.3) is 0 Å². The second kappa shape index (κ2) is 8.09. The first-order valence-corrected chi connectivity index (χ1v) is 8.87. The van der Waals surface area contributed by atoms with E-state index in [4.69, 9.17) is 9.47 Å². The fourth-order valence-corrected chi connectivity index (χ4v) is 3.16. The molecule has 0 saturated heterocycles. The predicted molar refractivity (Wildman–Crippen MR) is 89.0 cm³/mol. The number of ether oxygens (including phenoxy) is 2. The third-order valence-electron chi connectivity index (χ3n) is 3.35. The topological polar surface area (TPSA) is 81.7 Å². The molecule has 6 nitrogen and oxygen atoms in total. The molecule has 0 unspecified atom stereocenters. The maximum Gasteiger partial charge on any atom is 0.324 e. The second-order valence-electron chi connectivity index (χ2n) is 5.25. The van der Waals surface area contributed by atoms with Crippen LogP contribution >= 0.6 is 0 Å². The molecule has 0 aliphatic rings. The number of halogens is 1. The summed E-state index contributed by atoms with van der Waals surface area (Å²) in [5.41, 5.74) is 0.597. The van der Waals surface area contributed by atoms with Gasteiger partial charge in [-0.25, -0.2) is 12.8 Å². The zero-order valence-corrected chi connectivity index (χ0v) is 14.5. The van der Waals surface area contributed by atoms with Crippen molar-refractivity contribution in [2.45, 2.75) is 24.5 Å². The predicted octanol–water partition coefficient (Wildman–Crippen LogP) is 2.24. The van der Waals surface area contributed by atoms with E-state index in [0.29, 0.717) is 11.3 Å². The molecule has 1 atom stereocenters. The Morgan fingerprint density at radius 1 is 1.12 bits per heavy atom. The molecule has 0 aliphatic carbocycles. The number of carbonyl (C=O) groups excluding carboxylic acids is 1. The summed E-state index contributed by atoms with van der Waals surface area (Å²) in [7, 11) is -2.40. The van der Waals surface area contributed by atoms with Gasteiger partial charge in [0, 0.05) is 0 Å². The largest absolute Gasteiger partial charge is 0.497 e. The number of nitrogens with one attached hydrogen (secondary N) is 1. The lowest BCUT2D eigenvalue weighted by atomic mass is 10.2. The molecule has 2 aromatic rings. The fraction of sp³-hybridized carbons (Fsp3) is 0.235. The van der Waals surface area contributed by atoms with E-state index in [2.05, 4.69) is 4.72 Å². The molecule has 0 amide bonds. The molecular weight excluding hydrogens is 349 g/mol. The molecule has 0 radical (unpaired) electrons. The molecule has 0 aliphatic heterocycles. The molecule has 134 valence electrons. The maximum atomic E-state index is 12.8. The fourth-order valence-electron chi connectivity index (χ4n) is 1.96. The Bertz CT molecular complexity index is 819. The highest BCUT2D eigenvalue weighted by Gasteiger charge is 2.23. The molecule has 0 spiro atoms. The Labute approximate surface area is 145 Å². The number of rotatable bonds is 7. The standard InChI is InChI=1S/C17H18FNO5S/c1-12(17(20)24-11-13-3-5-14(18)6-4-13)19-25(21,22)16-9-7-15(23-2)8-10-16/h3-10,12,19H,11H2,1-2H3/t12-/m0/s1. The van der Waals surface area contributed by atoms with E-state index in [1.54, 1.807) is 0 Å². The molecule has 8 heteroatoms. The summed E-state index contributed by atoms with van der Waals surface area (Å²) in [6.07, 6.45) is 0. The van der Waals surface area contributed by atoms with E-state index in [1.165, 1.54) is 62.6 Å². The molecule has 2 rings (SSSR count). The van der Waals surface area contributed by atoms with E-state index >= 15 is 0 Å². The van der Waals surface area contributed by atoms with E-state index in [-0.39, 0.29) is 11.5 Å². The zero-order chi connectivity index (χ0) is 18.4. The van der Waals surface area contributed by atoms with Gasteiger partial charge in [-0.3, -0.25) is 4.79 Å². The lowest BCUT2D eigenvalue weighted by Crippen LogP contribution is -2.39. The lowest BCUT2D eigenvalue weighted by Gasteiger charge is -2.14. The first kappa shape index (κ1) is 18.9. The second-order valence-corrected chi connectivity index (χ2v) is 6.97. The van der Waals surface area contributed by atoms with Crippen LogP contribution in [0.25, 0.3) is 0 Å². The van der Waals surface area contributed by atoms with Crippen LogP contribution in [0, 0.1) is 5.82 Å². The van der Waals surface area contributed by atoms with Crippen molar-refractivity contribution in [2.75, 3.05) is 7.11 Å². The van der Waals surface area contributed by atoms with E-state index in [1.807, 2.05) is 0 Å². The number of benzene rings is 2. The normalized spacial score (nSPS) is 12.4. The minimum absolute atomic E-state index is 0.00600. The molecule has 25 heavy (non-hydrogen) atoms. The number of carbonyl (C=O) groups is 1. The number of esters is 1. The molecule has 1 N–H and O–H groups in total. The molecule has 0 fully saturated rings. The summed E-state index contributed by atoms with van der Waals surface area (Å²) in [4.78, 5) is 12.0. The highest BCUT2D eigenvalue weighted by molar-refractivity contribution is 7.89. The van der Waals surface area contributed by atoms with Crippen molar-refractivity contribution in [1.82, 2.24) is 4.72 Å². The Morgan fingerprint density at radius 3 is 2.28 bits per heavy atom. The lowest BCUT2D eigenvalue weighted by molar-refractivity contribution is -0.146. The van der Waals surface area contributed by atoms with Gasteiger partial charge in [-0.15, -0.1) is 0 Å². The van der Waals surface area contributed by atoms with E-state index < -0.39 is 27.9 Å². The summed E-state index contributed by atoms with van der Waals surface area (Å²) in [6.45, 7) is 1.31. The van der Waals surface area contributed by atoms with Crippen LogP contribution < -0.4 is 9.46 Å². The first-order valence-electron chi connectivity index (χ1n) is 7.39. The average molecular weight is 367 g/mol. The van der Waals surface area contributed by atoms with Gasteiger partial charge in [-0.1, -0.05) is 12.1 Å². The first-order chi connectivity index (χ1) is 11.8. The van der Waals surface area contributed by atoms with Gasteiger partial charge in [-0.2, -0.15) is 4.72 Å². The van der Waals surface area contributed by atoms with Crippen LogP contribution in [0.4, 0.5) is 4.39 Å². The van der Waals surface area contributed by atoms with Gasteiger partial charge in [-0.05, 0) is 48.9 Å². The molecule has 0 aromatic heterocycles. The van der Waals surface area contributed by atoms with Crippen LogP contribution in [-0.2, 0) is 26.2 Å². The third kappa shape index (κ3) is 5.27. The van der Waals surface area contributed by atoms with Gasteiger partial charge in [0.05, 0.1) is 12.0 Å². The monoisotopic (exact) mass is 367 g/mol. The summed E-state index contributed by atoms with van der Waals surface area (Å²) in [5.74, 6) is -0.609. The molecule has 0 heterocycles. The van der Waals surface area contributed by atoms with Gasteiger partial charge in [0.1, 0.15) is 24.2 Å². The van der Waals surface area contributed by atoms with Crippen LogP contribution in [0.2, 0.25) is 0 Å². The Balaban J connectivity index is 1.95. The number of hydrogen-bond acceptors (Lipinski definition) is 5. The van der Waals surface area contributed by atoms with Crippen molar-refractivity contribution < 1.29 is 27.1 Å². The molecular formula is C17H18FNO5S. The van der Waals surface area contributed by atoms with Crippen LogP contribution in [-0.4, -0.2) is 27.5 Å². The van der Waals surface area contributed by atoms with Crippen LogP contribution in [0.15, 0.2) is 53.4 Å². The molecule has 2 aromatic carbocycles. The summed E-state index contributed by atoms with van der Waals surface area (Å²) >= 11 is 0. The van der Waals surface area contributed by atoms with Crippen molar-refractivity contribution >= 4 is 16.0 Å². The average Bonchev–Trinajstić information content (AvgIpc) is 2.60. The number of methoxy groups -OCH3 is 1. The highest BCUT2D eigenvalue weighted by atomic mass is 32.2. The van der Waals surface area contributed by atoms with Crippen molar-refractivity contribution in [3.8, 4) is 5.75 Å². The number of sulfonamides is 1. The van der Waals surface area contributed by atoms with Crippen molar-refractivity contribution in [3.63, 3.8) is 0 Å². The van der Waals surface area contributed by atoms with Gasteiger partial charge >= 0.3 is 5.97 Å². The van der Waals surface area contributed by atoms with Gasteiger partial charge < -0.3 is 9.47 Å². The minimum Gasteiger partial charge on any atom is -0.497 e. The van der Waals surface area contributed by atoms with E-state index in [9.17, 15) is 17.6 Å². The van der Waals surface area contributed by atoms with Crippen LogP contribution in [0.3, 0.4) is 0 Å². The minimum atomic E-state index is -3.87. The van der Waals surface area contributed by atoms with Gasteiger partial charge in [0.15, 0.2) is 0 Å². The Hall–Kier alpha value is -2.45. The quantitative estimate of drug-likeness (QED) is 0.759. The number of hydrogen-bond donors (Lipinski definition) is 1. The molecule has 0 saturated carbocycles. The SMILES string of the molecule is COc1ccc(S(=O)(=O)N[C@@H](C)C(=O)OCc2ccc(F)cc2)cc1. The van der Waals surface area contributed by atoms with Gasteiger partial charge in [0.2, 0.25) is 10.0 Å². The smallest absolute Gasteiger partial charge is 0.324 e.